The first-order chi connectivity index (χ1) is 15.9. The van der Waals surface area contributed by atoms with E-state index in [-0.39, 0.29) is 34.4 Å². The molecule has 1 saturated heterocycles. The van der Waals surface area contributed by atoms with Gasteiger partial charge in [-0.15, -0.1) is 0 Å². The predicted molar refractivity (Wildman–Crippen MR) is 123 cm³/mol. The number of amides is 1. The van der Waals surface area contributed by atoms with E-state index < -0.39 is 11.6 Å². The minimum absolute atomic E-state index is 0.0231. The highest BCUT2D eigenvalue weighted by Crippen LogP contribution is 2.37. The highest BCUT2D eigenvalue weighted by molar-refractivity contribution is 5.92. The van der Waals surface area contributed by atoms with Gasteiger partial charge in [-0.1, -0.05) is 18.9 Å². The molecule has 176 valence electrons. The summed E-state index contributed by atoms with van der Waals surface area (Å²) in [5, 5.41) is 14.0. The summed E-state index contributed by atoms with van der Waals surface area (Å²) < 4.78 is 19.7. The van der Waals surface area contributed by atoms with E-state index in [1.165, 1.54) is 38.9 Å². The third-order valence-corrected chi connectivity index (χ3v) is 7.34. The van der Waals surface area contributed by atoms with Gasteiger partial charge >= 0.3 is 0 Å². The Bertz CT molecular complexity index is 1110. The van der Waals surface area contributed by atoms with Crippen molar-refractivity contribution in [2.75, 3.05) is 25.9 Å². The summed E-state index contributed by atoms with van der Waals surface area (Å²) in [5.41, 5.74) is 6.83. The second-order valence-electron chi connectivity index (χ2n) is 9.34. The molecule has 1 aliphatic carbocycles. The molecular formula is C24H30FN5O3. The number of fused-ring (bicyclic) bond motifs is 2. The Hall–Kier alpha value is -2.94. The van der Waals surface area contributed by atoms with Crippen molar-refractivity contribution in [1.29, 1.82) is 0 Å². The third-order valence-electron chi connectivity index (χ3n) is 7.34. The second-order valence-corrected chi connectivity index (χ2v) is 9.34. The number of nitrogens with zero attached hydrogens (tertiary/aromatic N) is 3. The molecule has 1 amide bonds. The van der Waals surface area contributed by atoms with Gasteiger partial charge in [-0.05, 0) is 43.2 Å². The molecule has 1 saturated carbocycles. The molecule has 5 rings (SSSR count). The summed E-state index contributed by atoms with van der Waals surface area (Å²) in [7, 11) is 1.33. The number of nitrogens with two attached hydrogens (primary N) is 1. The summed E-state index contributed by atoms with van der Waals surface area (Å²) in [6.45, 7) is 1.02. The quantitative estimate of drug-likeness (QED) is 0.649. The molecule has 2 aromatic rings. The second kappa shape index (κ2) is 8.78. The Balaban J connectivity index is 1.29. The van der Waals surface area contributed by atoms with E-state index in [4.69, 9.17) is 10.5 Å². The van der Waals surface area contributed by atoms with Crippen LogP contribution in [0.4, 0.5) is 10.2 Å². The average molecular weight is 456 g/mol. The SMILES string of the molecule is COc1cc2c(N)nc(C3=CCN(C(=O)C[C@H]4C[C@@H]5CCCC[C@@H]5N4)CC3)nc2c(F)c1O. The topological polar surface area (TPSA) is 114 Å². The number of ether oxygens (including phenoxy) is 1. The molecule has 4 N–H and O–H groups in total. The van der Waals surface area contributed by atoms with Crippen LogP contribution in [0.1, 0.15) is 50.8 Å². The fourth-order valence-electron chi connectivity index (χ4n) is 5.54. The van der Waals surface area contributed by atoms with Crippen LogP contribution in [0.5, 0.6) is 11.5 Å². The molecule has 2 aliphatic heterocycles. The molecule has 0 unspecified atom stereocenters. The zero-order chi connectivity index (χ0) is 23.1. The molecule has 33 heavy (non-hydrogen) atoms. The maximum Gasteiger partial charge on any atom is 0.224 e. The van der Waals surface area contributed by atoms with Crippen molar-refractivity contribution in [3.05, 3.63) is 23.8 Å². The van der Waals surface area contributed by atoms with Gasteiger partial charge in [0, 0.05) is 37.0 Å². The number of methoxy groups -OCH3 is 1. The number of anilines is 1. The highest BCUT2D eigenvalue weighted by atomic mass is 19.1. The monoisotopic (exact) mass is 455 g/mol. The van der Waals surface area contributed by atoms with Gasteiger partial charge < -0.3 is 25.8 Å². The Morgan fingerprint density at radius 1 is 1.36 bits per heavy atom. The first-order valence-electron chi connectivity index (χ1n) is 11.7. The summed E-state index contributed by atoms with van der Waals surface area (Å²) in [5.74, 6) is -0.216. The van der Waals surface area contributed by atoms with Gasteiger partial charge in [-0.2, -0.15) is 0 Å². The summed E-state index contributed by atoms with van der Waals surface area (Å²) in [6, 6.07) is 2.28. The van der Waals surface area contributed by atoms with Crippen LogP contribution in [0.2, 0.25) is 0 Å². The van der Waals surface area contributed by atoms with Crippen LogP contribution >= 0.6 is 0 Å². The Labute approximate surface area is 192 Å². The number of nitrogen functional groups attached to an aromatic ring is 1. The Morgan fingerprint density at radius 3 is 2.91 bits per heavy atom. The number of phenols is 1. The minimum atomic E-state index is -0.891. The Kier molecular flexibility index (Phi) is 5.82. The number of aromatic hydroxyl groups is 1. The molecule has 3 aliphatic rings. The highest BCUT2D eigenvalue weighted by Gasteiger charge is 2.36. The van der Waals surface area contributed by atoms with Crippen molar-refractivity contribution in [3.8, 4) is 11.5 Å². The minimum Gasteiger partial charge on any atom is -0.502 e. The number of nitrogens with one attached hydrogen (secondary N) is 1. The number of hydrogen-bond donors (Lipinski definition) is 3. The molecule has 1 aromatic heterocycles. The number of halogens is 1. The number of aromatic nitrogens is 2. The van der Waals surface area contributed by atoms with E-state index >= 15 is 0 Å². The number of carbonyl (C=O) groups is 1. The molecular weight excluding hydrogens is 425 g/mol. The molecule has 0 bridgehead atoms. The first-order valence-corrected chi connectivity index (χ1v) is 11.7. The van der Waals surface area contributed by atoms with Crippen molar-refractivity contribution < 1.29 is 19.0 Å². The molecule has 9 heteroatoms. The number of rotatable bonds is 4. The van der Waals surface area contributed by atoms with E-state index in [9.17, 15) is 14.3 Å². The van der Waals surface area contributed by atoms with Gasteiger partial charge in [0.2, 0.25) is 5.91 Å². The van der Waals surface area contributed by atoms with Crippen molar-refractivity contribution in [1.82, 2.24) is 20.2 Å². The lowest BCUT2D eigenvalue weighted by Gasteiger charge is -2.27. The van der Waals surface area contributed by atoms with Gasteiger partial charge in [0.25, 0.3) is 0 Å². The Morgan fingerprint density at radius 2 is 2.18 bits per heavy atom. The normalized spacial score (nSPS) is 25.1. The fraction of sp³-hybridized carbons (Fsp3) is 0.542. The number of benzene rings is 1. The summed E-state index contributed by atoms with van der Waals surface area (Å²) in [6.07, 6.45) is 9.19. The van der Waals surface area contributed by atoms with Crippen molar-refractivity contribution in [2.24, 2.45) is 5.92 Å². The van der Waals surface area contributed by atoms with E-state index in [2.05, 4.69) is 15.3 Å². The molecule has 2 fully saturated rings. The van der Waals surface area contributed by atoms with Crippen LogP contribution in [0.15, 0.2) is 12.1 Å². The van der Waals surface area contributed by atoms with E-state index in [0.717, 1.165) is 17.9 Å². The molecule has 3 heterocycles. The van der Waals surface area contributed by atoms with Crippen LogP contribution in [-0.2, 0) is 4.79 Å². The lowest BCUT2D eigenvalue weighted by Crippen LogP contribution is -2.40. The molecule has 1 aromatic carbocycles. The zero-order valence-corrected chi connectivity index (χ0v) is 18.8. The lowest BCUT2D eigenvalue weighted by atomic mass is 9.85. The van der Waals surface area contributed by atoms with Crippen LogP contribution in [0.25, 0.3) is 16.5 Å². The van der Waals surface area contributed by atoms with Gasteiger partial charge in [0.05, 0.1) is 7.11 Å². The number of phenolic OH excluding ortho intramolecular Hbond substituents is 1. The maximum absolute atomic E-state index is 14.7. The maximum atomic E-state index is 14.7. The van der Waals surface area contributed by atoms with Gasteiger partial charge in [-0.25, -0.2) is 14.4 Å². The largest absolute Gasteiger partial charge is 0.502 e. The van der Waals surface area contributed by atoms with E-state index in [0.29, 0.717) is 37.8 Å². The molecule has 0 radical (unpaired) electrons. The van der Waals surface area contributed by atoms with Crippen LogP contribution in [0, 0.1) is 11.7 Å². The smallest absolute Gasteiger partial charge is 0.224 e. The number of carbonyl (C=O) groups excluding carboxylic acids is 1. The summed E-state index contributed by atoms with van der Waals surface area (Å²) in [4.78, 5) is 23.4. The van der Waals surface area contributed by atoms with Gasteiger partial charge in [0.15, 0.2) is 23.1 Å². The molecule has 8 nitrogen and oxygen atoms in total. The van der Waals surface area contributed by atoms with Crippen molar-refractivity contribution in [3.63, 3.8) is 0 Å². The molecule has 3 atom stereocenters. The number of hydrogen-bond acceptors (Lipinski definition) is 7. The fourth-order valence-corrected chi connectivity index (χ4v) is 5.54. The molecule has 0 spiro atoms. The standard InChI is InChI=1S/C24H30FN5O3/c1-33-18-12-16-21(20(25)22(18)32)28-24(29-23(16)26)13-6-8-30(9-7-13)19(31)11-15-10-14-4-2-3-5-17(14)27-15/h6,12,14-15,17,27,32H,2-5,7-11H2,1H3,(H2,26,28,29)/t14-,15+,17-/m0/s1. The first kappa shape index (κ1) is 21.9. The van der Waals surface area contributed by atoms with Crippen molar-refractivity contribution >= 4 is 28.2 Å². The van der Waals surface area contributed by atoms with Crippen molar-refractivity contribution in [2.45, 2.75) is 57.0 Å². The van der Waals surface area contributed by atoms with Gasteiger partial charge in [-0.3, -0.25) is 4.79 Å². The van der Waals surface area contributed by atoms with Crippen LogP contribution in [0.3, 0.4) is 0 Å². The zero-order valence-electron chi connectivity index (χ0n) is 18.8. The van der Waals surface area contributed by atoms with Gasteiger partial charge in [0.1, 0.15) is 11.3 Å². The lowest BCUT2D eigenvalue weighted by molar-refractivity contribution is -0.131. The summed E-state index contributed by atoms with van der Waals surface area (Å²) >= 11 is 0. The third kappa shape index (κ3) is 4.10. The van der Waals surface area contributed by atoms with E-state index in [1.807, 2.05) is 11.0 Å². The predicted octanol–water partition coefficient (Wildman–Crippen LogP) is 2.99. The van der Waals surface area contributed by atoms with Crippen LogP contribution in [-0.4, -0.2) is 58.2 Å². The van der Waals surface area contributed by atoms with E-state index in [1.54, 1.807) is 0 Å². The average Bonchev–Trinajstić information content (AvgIpc) is 3.24. The van der Waals surface area contributed by atoms with Crippen LogP contribution < -0.4 is 15.8 Å².